The maximum absolute atomic E-state index is 14.1. The molecule has 0 unspecified atom stereocenters. The first kappa shape index (κ1) is 30.2. The molecule has 0 N–H and O–H groups in total. The third kappa shape index (κ3) is 5.59. The molecule has 43 heavy (non-hydrogen) atoms. The molecule has 1 aliphatic heterocycles. The number of benzene rings is 2. The number of esters is 1. The Hall–Kier alpha value is -4.29. The van der Waals surface area contributed by atoms with Crippen molar-refractivity contribution in [1.82, 2.24) is 9.13 Å². The first-order valence-electron chi connectivity index (χ1n) is 13.4. The average Bonchev–Trinajstić information content (AvgIpc) is 3.40. The van der Waals surface area contributed by atoms with Crippen molar-refractivity contribution >= 4 is 45.0 Å². The van der Waals surface area contributed by atoms with E-state index in [-0.39, 0.29) is 22.9 Å². The van der Waals surface area contributed by atoms with E-state index in [0.29, 0.717) is 26.3 Å². The number of carbonyl (C=O) groups is 1. The number of nitro benzene ring substituents is 1. The molecule has 2 aromatic heterocycles. The van der Waals surface area contributed by atoms with Gasteiger partial charge in [0.1, 0.15) is 11.8 Å². The van der Waals surface area contributed by atoms with Gasteiger partial charge in [-0.05, 0) is 82.7 Å². The van der Waals surface area contributed by atoms with Gasteiger partial charge in [0.15, 0.2) is 4.80 Å². The monoisotopic (exact) mass is 664 g/mol. The Labute approximate surface area is 259 Å². The highest BCUT2D eigenvalue weighted by molar-refractivity contribution is 9.10. The maximum atomic E-state index is 14.1. The molecule has 222 valence electrons. The van der Waals surface area contributed by atoms with Crippen LogP contribution in [-0.4, -0.2) is 33.2 Å². The first-order valence-corrected chi connectivity index (χ1v) is 15.0. The number of aromatic nitrogens is 2. The lowest BCUT2D eigenvalue weighted by Gasteiger charge is -2.26. The Bertz CT molecular complexity index is 1990. The molecule has 3 heterocycles. The Kier molecular flexibility index (Phi) is 8.26. The van der Waals surface area contributed by atoms with Crippen LogP contribution in [0.5, 0.6) is 5.75 Å². The van der Waals surface area contributed by atoms with Crippen LogP contribution >= 0.6 is 27.3 Å². The van der Waals surface area contributed by atoms with Crippen molar-refractivity contribution in [2.24, 2.45) is 4.99 Å². The van der Waals surface area contributed by atoms with Crippen LogP contribution < -0.4 is 19.6 Å². The molecule has 1 atom stereocenters. The molecule has 0 saturated heterocycles. The number of fused-ring (bicyclic) bond motifs is 1. The number of rotatable bonds is 7. The quantitative estimate of drug-likeness (QED) is 0.151. The SMILES string of the molecule is COc1ccc(Br)cc1[C@@H]1C(C(=O)OC(C)C)=C(C)N=c2s/c(=C\c3cc(C)n(-c4ccc([N+](=O)[O-])cc4)c3C)c(=O)n21. The van der Waals surface area contributed by atoms with Crippen molar-refractivity contribution in [2.45, 2.75) is 46.8 Å². The van der Waals surface area contributed by atoms with E-state index in [9.17, 15) is 19.7 Å². The molecule has 0 aliphatic carbocycles. The molecule has 0 fully saturated rings. The molecule has 5 rings (SSSR count). The summed E-state index contributed by atoms with van der Waals surface area (Å²) in [6, 6.07) is 12.9. The van der Waals surface area contributed by atoms with Crippen molar-refractivity contribution in [3.8, 4) is 11.4 Å². The van der Waals surface area contributed by atoms with Crippen molar-refractivity contribution in [3.05, 3.63) is 117 Å². The summed E-state index contributed by atoms with van der Waals surface area (Å²) in [5, 5.41) is 11.1. The van der Waals surface area contributed by atoms with Gasteiger partial charge in [0, 0.05) is 39.2 Å². The predicted molar refractivity (Wildman–Crippen MR) is 168 cm³/mol. The standard InChI is InChI=1S/C31H29BrN4O6S/c1-16(2)42-30(38)27-18(4)33-31-35(28(27)24-15-21(32)7-12-25(24)41-6)29(37)26(43-31)14-20-13-17(3)34(19(20)5)22-8-10-23(11-9-22)36(39)40/h7-16,28H,1-6H3/b26-14-/t28-/m1/s1. The highest BCUT2D eigenvalue weighted by Crippen LogP contribution is 2.37. The fraction of sp³-hybridized carbons (Fsp3) is 0.258. The van der Waals surface area contributed by atoms with Crippen LogP contribution in [0.15, 0.2) is 74.1 Å². The highest BCUT2D eigenvalue weighted by Gasteiger charge is 2.35. The summed E-state index contributed by atoms with van der Waals surface area (Å²) in [5.41, 5.74) is 4.39. The number of halogens is 1. The summed E-state index contributed by atoms with van der Waals surface area (Å²) < 4.78 is 16.0. The zero-order valence-corrected chi connectivity index (χ0v) is 26.8. The number of non-ortho nitro benzene ring substituents is 1. The number of hydrogen-bond donors (Lipinski definition) is 0. The van der Waals surface area contributed by atoms with E-state index in [1.54, 1.807) is 46.1 Å². The molecule has 0 spiro atoms. The van der Waals surface area contributed by atoms with Crippen molar-refractivity contribution in [2.75, 3.05) is 7.11 Å². The molecule has 12 heteroatoms. The minimum absolute atomic E-state index is 0.0103. The van der Waals surface area contributed by atoms with E-state index < -0.39 is 16.9 Å². The summed E-state index contributed by atoms with van der Waals surface area (Å²) in [6.07, 6.45) is 1.45. The minimum Gasteiger partial charge on any atom is -0.496 e. The average molecular weight is 666 g/mol. The molecule has 0 saturated carbocycles. The largest absolute Gasteiger partial charge is 0.496 e. The van der Waals surface area contributed by atoms with Crippen molar-refractivity contribution < 1.29 is 19.2 Å². The minimum atomic E-state index is -0.829. The van der Waals surface area contributed by atoms with Crippen LogP contribution in [-0.2, 0) is 9.53 Å². The van der Waals surface area contributed by atoms with E-state index in [0.717, 1.165) is 27.1 Å². The Morgan fingerprint density at radius 1 is 1.14 bits per heavy atom. The van der Waals surface area contributed by atoms with Gasteiger partial charge in [-0.1, -0.05) is 27.3 Å². The smallest absolute Gasteiger partial charge is 0.338 e. The lowest BCUT2D eigenvalue weighted by Crippen LogP contribution is -2.40. The molecular weight excluding hydrogens is 636 g/mol. The van der Waals surface area contributed by atoms with Gasteiger partial charge in [0.05, 0.1) is 33.9 Å². The van der Waals surface area contributed by atoms with Gasteiger partial charge in [-0.2, -0.15) is 0 Å². The van der Waals surface area contributed by atoms with Gasteiger partial charge in [0.2, 0.25) is 0 Å². The van der Waals surface area contributed by atoms with Crippen molar-refractivity contribution in [1.29, 1.82) is 0 Å². The second-order valence-electron chi connectivity index (χ2n) is 10.4. The molecule has 2 aromatic carbocycles. The molecule has 1 aliphatic rings. The zero-order valence-electron chi connectivity index (χ0n) is 24.4. The van der Waals surface area contributed by atoms with Gasteiger partial charge in [-0.3, -0.25) is 19.5 Å². The second-order valence-corrected chi connectivity index (χ2v) is 12.3. The molecule has 0 radical (unpaired) electrons. The molecule has 0 bridgehead atoms. The van der Waals surface area contributed by atoms with Gasteiger partial charge >= 0.3 is 5.97 Å². The van der Waals surface area contributed by atoms with Crippen LogP contribution in [0.3, 0.4) is 0 Å². The molecule has 10 nitrogen and oxygen atoms in total. The lowest BCUT2D eigenvalue weighted by atomic mass is 9.95. The van der Waals surface area contributed by atoms with E-state index in [2.05, 4.69) is 20.9 Å². The maximum Gasteiger partial charge on any atom is 0.338 e. The topological polar surface area (TPSA) is 118 Å². The zero-order chi connectivity index (χ0) is 31.2. The van der Waals surface area contributed by atoms with Gasteiger partial charge in [-0.15, -0.1) is 0 Å². The third-order valence-electron chi connectivity index (χ3n) is 7.15. The number of aryl methyl sites for hydroxylation is 1. The molecule has 4 aromatic rings. The van der Waals surface area contributed by atoms with E-state index in [4.69, 9.17) is 9.47 Å². The lowest BCUT2D eigenvalue weighted by molar-refractivity contribution is -0.384. The number of carbonyl (C=O) groups excluding carboxylic acids is 1. The van der Waals surface area contributed by atoms with Crippen LogP contribution in [0.2, 0.25) is 0 Å². The van der Waals surface area contributed by atoms with Crippen LogP contribution in [0.4, 0.5) is 5.69 Å². The Morgan fingerprint density at radius 3 is 2.47 bits per heavy atom. The number of thiazole rings is 1. The van der Waals surface area contributed by atoms with Crippen LogP contribution in [0.25, 0.3) is 11.8 Å². The fourth-order valence-electron chi connectivity index (χ4n) is 5.27. The summed E-state index contributed by atoms with van der Waals surface area (Å²) in [7, 11) is 1.54. The van der Waals surface area contributed by atoms with Gasteiger partial charge in [-0.25, -0.2) is 9.79 Å². The highest BCUT2D eigenvalue weighted by atomic mass is 79.9. The normalized spacial score (nSPS) is 15.0. The Morgan fingerprint density at radius 2 is 1.84 bits per heavy atom. The molecular formula is C31H29BrN4O6S. The number of ether oxygens (including phenoxy) is 2. The summed E-state index contributed by atoms with van der Waals surface area (Å²) in [6.45, 7) is 9.14. The number of nitro groups is 1. The number of nitrogens with zero attached hydrogens (tertiary/aromatic N) is 4. The first-order chi connectivity index (χ1) is 20.4. The fourth-order valence-corrected chi connectivity index (χ4v) is 6.69. The van der Waals surface area contributed by atoms with E-state index in [1.165, 1.54) is 28.0 Å². The summed E-state index contributed by atoms with van der Waals surface area (Å²) in [5.74, 6) is -0.0387. The Balaban J connectivity index is 1.70. The summed E-state index contributed by atoms with van der Waals surface area (Å²) >= 11 is 4.76. The number of hydrogen-bond acceptors (Lipinski definition) is 8. The van der Waals surface area contributed by atoms with Crippen molar-refractivity contribution in [3.63, 3.8) is 0 Å². The molecule has 0 amide bonds. The van der Waals surface area contributed by atoms with E-state index >= 15 is 0 Å². The summed E-state index contributed by atoms with van der Waals surface area (Å²) in [4.78, 5) is 43.4. The van der Waals surface area contributed by atoms with E-state index in [1.807, 2.05) is 42.7 Å². The van der Waals surface area contributed by atoms with Crippen LogP contribution in [0.1, 0.15) is 49.3 Å². The van der Waals surface area contributed by atoms with Crippen LogP contribution in [0, 0.1) is 24.0 Å². The van der Waals surface area contributed by atoms with Gasteiger partial charge < -0.3 is 14.0 Å². The second kappa shape index (κ2) is 11.8. The third-order valence-corrected chi connectivity index (χ3v) is 8.62. The number of allylic oxidation sites excluding steroid dienone is 1. The van der Waals surface area contributed by atoms with Gasteiger partial charge in [0.25, 0.3) is 11.2 Å². The predicted octanol–water partition coefficient (Wildman–Crippen LogP) is 5.27. The number of methoxy groups -OCH3 is 1.